The van der Waals surface area contributed by atoms with Gasteiger partial charge in [-0.15, -0.1) is 11.8 Å². The van der Waals surface area contributed by atoms with Gasteiger partial charge in [0, 0.05) is 12.3 Å². The van der Waals surface area contributed by atoms with Crippen LogP contribution in [0.2, 0.25) is 0 Å². The lowest BCUT2D eigenvalue weighted by atomic mass is 10.3. The molecule has 0 radical (unpaired) electrons. The first-order valence-corrected chi connectivity index (χ1v) is 8.18. The molecule has 0 aromatic heterocycles. The van der Waals surface area contributed by atoms with E-state index in [0.29, 0.717) is 13.0 Å². The molecular formula is C13H24N2O6S. The maximum absolute atomic E-state index is 11.5. The Morgan fingerprint density at radius 1 is 1.23 bits per heavy atom. The molecule has 0 spiro atoms. The topological polar surface area (TPSA) is 127 Å². The summed E-state index contributed by atoms with van der Waals surface area (Å²) < 4.78 is 0. The van der Waals surface area contributed by atoms with Gasteiger partial charge >= 0.3 is 11.9 Å². The quantitative estimate of drug-likeness (QED) is 0.374. The smallest absolute Gasteiger partial charge is 0.321 e. The molecule has 4 N–H and O–H groups in total. The van der Waals surface area contributed by atoms with Gasteiger partial charge in [0.2, 0.25) is 5.91 Å². The minimum Gasteiger partial charge on any atom is -0.480 e. The maximum atomic E-state index is 11.5. The number of aliphatic carboxylic acids is 2. The van der Waals surface area contributed by atoms with Crippen molar-refractivity contribution < 1.29 is 29.7 Å². The maximum Gasteiger partial charge on any atom is 0.321 e. The zero-order valence-electron chi connectivity index (χ0n) is 12.8. The summed E-state index contributed by atoms with van der Waals surface area (Å²) in [6.45, 7) is 3.58. The van der Waals surface area contributed by atoms with E-state index in [1.54, 1.807) is 13.8 Å². The highest BCUT2D eigenvalue weighted by atomic mass is 32.2. The molecule has 0 saturated heterocycles. The third-order valence-electron chi connectivity index (χ3n) is 2.99. The van der Waals surface area contributed by atoms with Gasteiger partial charge in [-0.05, 0) is 13.0 Å². The van der Waals surface area contributed by atoms with Crippen molar-refractivity contribution >= 4 is 29.6 Å². The Morgan fingerprint density at radius 2 is 1.86 bits per heavy atom. The monoisotopic (exact) mass is 336 g/mol. The van der Waals surface area contributed by atoms with E-state index in [0.717, 1.165) is 11.8 Å². The van der Waals surface area contributed by atoms with Crippen LogP contribution in [0.15, 0.2) is 0 Å². The molecule has 2 unspecified atom stereocenters. The van der Waals surface area contributed by atoms with E-state index in [1.165, 1.54) is 4.90 Å². The van der Waals surface area contributed by atoms with Crippen LogP contribution in [-0.4, -0.2) is 81.4 Å². The van der Waals surface area contributed by atoms with Gasteiger partial charge in [0.05, 0.1) is 18.4 Å². The number of carboxylic acid groups (broad SMARTS) is 2. The fourth-order valence-electron chi connectivity index (χ4n) is 1.64. The molecule has 0 aliphatic rings. The van der Waals surface area contributed by atoms with Crippen LogP contribution in [0, 0.1) is 0 Å². The van der Waals surface area contributed by atoms with Crippen molar-refractivity contribution in [3.63, 3.8) is 0 Å². The van der Waals surface area contributed by atoms with Crippen molar-refractivity contribution in [3.8, 4) is 0 Å². The molecule has 0 fully saturated rings. The average molecular weight is 336 g/mol. The van der Waals surface area contributed by atoms with E-state index in [-0.39, 0.29) is 30.5 Å². The van der Waals surface area contributed by atoms with Crippen molar-refractivity contribution in [3.05, 3.63) is 0 Å². The number of rotatable bonds is 12. The van der Waals surface area contributed by atoms with Gasteiger partial charge in [0.15, 0.2) is 0 Å². The summed E-state index contributed by atoms with van der Waals surface area (Å²) in [7, 11) is 0. The number of carbonyl (C=O) groups excluding carboxylic acids is 1. The van der Waals surface area contributed by atoms with E-state index in [1.807, 2.05) is 0 Å². The third-order valence-corrected chi connectivity index (χ3v) is 4.00. The molecule has 128 valence electrons. The van der Waals surface area contributed by atoms with E-state index in [9.17, 15) is 24.6 Å². The predicted molar refractivity (Wildman–Crippen MR) is 82.9 cm³/mol. The number of carbonyl (C=O) groups is 3. The second kappa shape index (κ2) is 11.3. The number of thioether (sulfide) groups is 1. The molecule has 0 aliphatic carbocycles. The zero-order valence-corrected chi connectivity index (χ0v) is 13.6. The number of nitrogens with zero attached hydrogens (tertiary/aromatic N) is 1. The lowest BCUT2D eigenvalue weighted by molar-refractivity contribution is -0.145. The van der Waals surface area contributed by atoms with Gasteiger partial charge in [-0.2, -0.15) is 0 Å². The third kappa shape index (κ3) is 8.85. The van der Waals surface area contributed by atoms with Crippen molar-refractivity contribution in [2.24, 2.45) is 0 Å². The zero-order chi connectivity index (χ0) is 17.1. The van der Waals surface area contributed by atoms with Crippen molar-refractivity contribution in [2.75, 3.05) is 31.1 Å². The summed E-state index contributed by atoms with van der Waals surface area (Å²) in [6, 6.07) is -0.958. The lowest BCUT2D eigenvalue weighted by Gasteiger charge is -2.25. The van der Waals surface area contributed by atoms with Crippen LogP contribution >= 0.6 is 11.8 Å². The van der Waals surface area contributed by atoms with Crippen LogP contribution in [0.25, 0.3) is 0 Å². The minimum absolute atomic E-state index is 0.0604. The molecule has 0 heterocycles. The summed E-state index contributed by atoms with van der Waals surface area (Å²) in [5.74, 6) is -2.32. The Balaban J connectivity index is 4.27. The van der Waals surface area contributed by atoms with Crippen LogP contribution in [0.5, 0.6) is 0 Å². The number of likely N-dealkylation sites (N-methyl/N-ethyl adjacent to an activating group) is 1. The van der Waals surface area contributed by atoms with Gasteiger partial charge in [0.25, 0.3) is 0 Å². The van der Waals surface area contributed by atoms with Crippen LogP contribution in [0.1, 0.15) is 20.3 Å². The van der Waals surface area contributed by atoms with Gasteiger partial charge in [-0.3, -0.25) is 19.3 Å². The molecule has 0 saturated carbocycles. The summed E-state index contributed by atoms with van der Waals surface area (Å²) in [6.07, 6.45) is -0.0540. The van der Waals surface area contributed by atoms with Crippen LogP contribution in [0.4, 0.5) is 0 Å². The number of aliphatic hydroxyl groups excluding tert-OH is 1. The fraction of sp³-hybridized carbons (Fsp3) is 0.769. The number of nitrogens with one attached hydrogen (secondary N) is 1. The summed E-state index contributed by atoms with van der Waals surface area (Å²) in [5.41, 5.74) is 0. The van der Waals surface area contributed by atoms with Crippen LogP contribution in [0.3, 0.4) is 0 Å². The highest BCUT2D eigenvalue weighted by molar-refractivity contribution is 8.00. The second-order valence-electron chi connectivity index (χ2n) is 4.69. The molecule has 0 rings (SSSR count). The Labute approximate surface area is 133 Å². The minimum atomic E-state index is -1.11. The SMILES string of the molecule is CCC(O)CNC(=O)CSCC(C(=O)O)N(CC)CC(=O)O. The first-order valence-electron chi connectivity index (χ1n) is 7.02. The molecule has 1 amide bonds. The molecule has 2 atom stereocenters. The molecular weight excluding hydrogens is 312 g/mol. The second-order valence-corrected chi connectivity index (χ2v) is 5.72. The number of carboxylic acids is 2. The predicted octanol–water partition coefficient (Wildman–Crippen LogP) is -0.534. The molecule has 0 aliphatic heterocycles. The van der Waals surface area contributed by atoms with E-state index < -0.39 is 24.1 Å². The largest absolute Gasteiger partial charge is 0.480 e. The lowest BCUT2D eigenvalue weighted by Crippen LogP contribution is -2.45. The average Bonchev–Trinajstić information content (AvgIpc) is 2.46. The Hall–Kier alpha value is -1.32. The molecule has 8 nitrogen and oxygen atoms in total. The normalized spacial score (nSPS) is 13.6. The number of aliphatic hydroxyl groups is 1. The Morgan fingerprint density at radius 3 is 2.32 bits per heavy atom. The van der Waals surface area contributed by atoms with Gasteiger partial charge < -0.3 is 20.6 Å². The van der Waals surface area contributed by atoms with Crippen molar-refractivity contribution in [1.29, 1.82) is 0 Å². The summed E-state index contributed by atoms with van der Waals surface area (Å²) in [4.78, 5) is 34.8. The molecule has 0 aromatic carbocycles. The molecule has 0 bridgehead atoms. The van der Waals surface area contributed by atoms with Crippen molar-refractivity contribution in [2.45, 2.75) is 32.4 Å². The van der Waals surface area contributed by atoms with E-state index >= 15 is 0 Å². The number of hydrogen-bond donors (Lipinski definition) is 4. The summed E-state index contributed by atoms with van der Waals surface area (Å²) >= 11 is 1.12. The van der Waals surface area contributed by atoms with Gasteiger partial charge in [0.1, 0.15) is 6.04 Å². The van der Waals surface area contributed by atoms with Crippen LogP contribution < -0.4 is 5.32 Å². The first-order chi connectivity index (χ1) is 10.3. The molecule has 22 heavy (non-hydrogen) atoms. The molecule has 0 aromatic rings. The number of amides is 1. The van der Waals surface area contributed by atoms with Gasteiger partial charge in [-0.25, -0.2) is 0 Å². The Kier molecular flexibility index (Phi) is 10.6. The van der Waals surface area contributed by atoms with Gasteiger partial charge in [-0.1, -0.05) is 13.8 Å². The highest BCUT2D eigenvalue weighted by Gasteiger charge is 2.26. The van der Waals surface area contributed by atoms with E-state index in [2.05, 4.69) is 5.32 Å². The van der Waals surface area contributed by atoms with Crippen molar-refractivity contribution in [1.82, 2.24) is 10.2 Å². The van der Waals surface area contributed by atoms with Crippen LogP contribution in [-0.2, 0) is 14.4 Å². The Bertz CT molecular complexity index is 380. The number of hydrogen-bond acceptors (Lipinski definition) is 6. The highest BCUT2D eigenvalue weighted by Crippen LogP contribution is 2.09. The van der Waals surface area contributed by atoms with E-state index in [4.69, 9.17) is 5.11 Å². The summed E-state index contributed by atoms with van der Waals surface area (Å²) in [5, 5.41) is 29.8. The first kappa shape index (κ1) is 20.7. The molecule has 9 heteroatoms. The standard InChI is InChI=1S/C13H24N2O6S/c1-3-9(16)5-14-11(17)8-22-7-10(13(20)21)15(4-2)6-12(18)19/h9-10,16H,3-8H2,1-2H3,(H,14,17)(H,18,19)(H,20,21). The fourth-order valence-corrected chi connectivity index (χ4v) is 2.62.